The van der Waals surface area contributed by atoms with Crippen molar-refractivity contribution in [3.05, 3.63) is 108 Å². The molecule has 5 unspecified atom stereocenters. The number of carbonyl (C=O) groups is 2. The first-order chi connectivity index (χ1) is 26.1. The van der Waals surface area contributed by atoms with Crippen molar-refractivity contribution >= 4 is 34.9 Å². The van der Waals surface area contributed by atoms with E-state index in [0.29, 0.717) is 53.6 Å². The van der Waals surface area contributed by atoms with Crippen LogP contribution in [0.4, 0.5) is 16.6 Å². The lowest BCUT2D eigenvalue weighted by molar-refractivity contribution is -0.125. The number of aliphatic hydroxyl groups is 4. The monoisotopic (exact) mass is 737 g/mol. The van der Waals surface area contributed by atoms with Crippen LogP contribution in [0.15, 0.2) is 91.3 Å². The molecule has 16 heteroatoms. The van der Waals surface area contributed by atoms with Crippen molar-refractivity contribution < 1.29 is 35.1 Å². The fraction of sp³-hybridized carbons (Fsp3) is 0.342. The molecule has 5 atom stereocenters. The number of fused-ring (bicyclic) bond motifs is 1. The van der Waals surface area contributed by atoms with Gasteiger partial charge in [-0.25, -0.2) is 9.78 Å². The van der Waals surface area contributed by atoms with Crippen molar-refractivity contribution in [1.29, 1.82) is 0 Å². The molecule has 0 bridgehead atoms. The van der Waals surface area contributed by atoms with Crippen LogP contribution in [-0.2, 0) is 16.9 Å². The summed E-state index contributed by atoms with van der Waals surface area (Å²) in [6.07, 6.45) is -0.364. The van der Waals surface area contributed by atoms with Crippen molar-refractivity contribution in [2.45, 2.75) is 55.3 Å². The second-order valence-electron chi connectivity index (χ2n) is 13.7. The maximum Gasteiger partial charge on any atom is 0.315 e. The van der Waals surface area contributed by atoms with Gasteiger partial charge in [-0.05, 0) is 41.7 Å². The number of hydrogen-bond acceptors (Lipinski definition) is 12. The lowest BCUT2D eigenvalue weighted by atomic mass is 9.86. The van der Waals surface area contributed by atoms with E-state index in [0.717, 1.165) is 5.56 Å². The number of carbonyl (C=O) groups excluding carboxylic acids is 2. The van der Waals surface area contributed by atoms with Crippen molar-refractivity contribution in [1.82, 2.24) is 35.5 Å². The average Bonchev–Trinajstić information content (AvgIpc) is 3.91. The van der Waals surface area contributed by atoms with Crippen LogP contribution in [-0.4, -0.2) is 108 Å². The fourth-order valence-corrected chi connectivity index (χ4v) is 7.25. The van der Waals surface area contributed by atoms with Gasteiger partial charge in [0, 0.05) is 25.7 Å². The summed E-state index contributed by atoms with van der Waals surface area (Å²) in [5, 5.41) is 64.9. The molecule has 0 radical (unpaired) electrons. The van der Waals surface area contributed by atoms with Crippen molar-refractivity contribution in [3.63, 3.8) is 0 Å². The molecule has 3 amide bonds. The number of aromatic nitrogens is 4. The predicted octanol–water partition coefficient (Wildman–Crippen LogP) is 1.10. The van der Waals surface area contributed by atoms with E-state index >= 15 is 0 Å². The zero-order valence-corrected chi connectivity index (χ0v) is 29.3. The Balaban J connectivity index is 1.17. The first kappa shape index (κ1) is 36.5. The summed E-state index contributed by atoms with van der Waals surface area (Å²) in [4.78, 5) is 41.1. The third-order valence-electron chi connectivity index (χ3n) is 10.1. The Kier molecular flexibility index (Phi) is 10.6. The normalized spacial score (nSPS) is 21.3. The number of urea groups is 1. The summed E-state index contributed by atoms with van der Waals surface area (Å²) in [5.74, 6) is 0.0768. The maximum absolute atomic E-state index is 12.8. The number of rotatable bonds is 12. The molecule has 54 heavy (non-hydrogen) atoms. The maximum atomic E-state index is 12.8. The highest BCUT2D eigenvalue weighted by atomic mass is 16.3. The van der Waals surface area contributed by atoms with Gasteiger partial charge in [0.15, 0.2) is 17.0 Å². The van der Waals surface area contributed by atoms with Gasteiger partial charge >= 0.3 is 6.03 Å². The lowest BCUT2D eigenvalue weighted by Gasteiger charge is -2.30. The van der Waals surface area contributed by atoms with Crippen LogP contribution in [0.5, 0.6) is 5.75 Å². The number of phenols is 1. The minimum atomic E-state index is -1.47. The van der Waals surface area contributed by atoms with Gasteiger partial charge in [0.1, 0.15) is 30.2 Å². The second kappa shape index (κ2) is 15.7. The predicted molar refractivity (Wildman–Crippen MR) is 198 cm³/mol. The van der Waals surface area contributed by atoms with Crippen LogP contribution < -0.4 is 26.2 Å². The zero-order chi connectivity index (χ0) is 37.8. The summed E-state index contributed by atoms with van der Waals surface area (Å²) in [7, 11) is 0. The summed E-state index contributed by atoms with van der Waals surface area (Å²) in [5.41, 5.74) is 1.30. The first-order valence-electron chi connectivity index (χ1n) is 17.8. The number of aliphatic hydroxyl groups excluding tert-OH is 3. The molecule has 5 aromatic rings. The summed E-state index contributed by atoms with van der Waals surface area (Å²) < 4.78 is 1.64. The molecule has 1 saturated heterocycles. The number of imidazole rings is 1. The topological polar surface area (TPSA) is 230 Å². The van der Waals surface area contributed by atoms with E-state index in [1.54, 1.807) is 28.8 Å². The third-order valence-corrected chi connectivity index (χ3v) is 10.1. The average molecular weight is 738 g/mol. The Morgan fingerprint density at radius 2 is 1.63 bits per heavy atom. The van der Waals surface area contributed by atoms with E-state index < -0.39 is 42.4 Å². The van der Waals surface area contributed by atoms with Crippen LogP contribution in [0.25, 0.3) is 11.2 Å². The number of amides is 3. The largest absolute Gasteiger partial charge is 0.508 e. The second-order valence-corrected chi connectivity index (χ2v) is 13.7. The summed E-state index contributed by atoms with van der Waals surface area (Å²) in [6, 6.07) is 23.1. The minimum Gasteiger partial charge on any atom is -0.508 e. The van der Waals surface area contributed by atoms with Crippen LogP contribution in [0.3, 0.4) is 0 Å². The van der Waals surface area contributed by atoms with Crippen LogP contribution >= 0.6 is 0 Å². The quantitative estimate of drug-likeness (QED) is 0.0877. The molecule has 2 fully saturated rings. The molecule has 16 nitrogen and oxygen atoms in total. The summed E-state index contributed by atoms with van der Waals surface area (Å²) in [6.45, 7) is 0.376. The molecule has 1 aliphatic heterocycles. The SMILES string of the molecule is O=C(CO)NC1CC(n2cnc3c(NCC(O)(c4ccccc4)c4ccccc4)nc(N4CCC(NC(=O)NCc5cccc(O)c5)C4)nc32)C(O)C1O. The van der Waals surface area contributed by atoms with E-state index in [9.17, 15) is 35.1 Å². The van der Waals surface area contributed by atoms with Gasteiger partial charge in [0.05, 0.1) is 25.0 Å². The molecule has 2 aliphatic rings. The number of anilines is 2. The number of nitrogens with zero attached hydrogens (tertiary/aromatic N) is 5. The number of aromatic hydroxyl groups is 1. The molecule has 282 valence electrons. The van der Waals surface area contributed by atoms with Gasteiger partial charge < -0.3 is 56.3 Å². The van der Waals surface area contributed by atoms with Gasteiger partial charge in [0.2, 0.25) is 11.9 Å². The van der Waals surface area contributed by atoms with Crippen molar-refractivity contribution in [2.75, 3.05) is 36.5 Å². The number of nitrogens with one attached hydrogen (secondary N) is 4. The highest BCUT2D eigenvalue weighted by Gasteiger charge is 2.44. The van der Waals surface area contributed by atoms with Crippen molar-refractivity contribution in [2.24, 2.45) is 0 Å². The Bertz CT molecular complexity index is 2040. The van der Waals surface area contributed by atoms with Gasteiger partial charge in [-0.1, -0.05) is 72.8 Å². The van der Waals surface area contributed by atoms with Gasteiger partial charge in [0.25, 0.3) is 0 Å². The molecule has 2 aromatic heterocycles. The van der Waals surface area contributed by atoms with E-state index in [1.807, 2.05) is 65.6 Å². The van der Waals surface area contributed by atoms with Crippen LogP contribution in [0.2, 0.25) is 0 Å². The van der Waals surface area contributed by atoms with Crippen LogP contribution in [0, 0.1) is 0 Å². The standard InChI is InChI=1S/C38H43N9O7/c48-20-30(50)43-28-17-29(33(52)32(28)51)47-22-41-31-34(40-21-38(54,24-9-3-1-4-10-24)25-11-5-2-6-12-25)44-36(45-35(31)47)46-15-14-26(19-46)42-37(53)39-18-23-8-7-13-27(49)16-23/h1-13,16,22,26,28-29,32-33,48-49,51-52,54H,14-15,17-21H2,(H,43,50)(H2,39,42,53)(H,40,44,45). The number of benzene rings is 3. The van der Waals surface area contributed by atoms with Crippen LogP contribution in [0.1, 0.15) is 35.6 Å². The van der Waals surface area contributed by atoms with Gasteiger partial charge in [-0.15, -0.1) is 0 Å². The fourth-order valence-electron chi connectivity index (χ4n) is 7.25. The summed E-state index contributed by atoms with van der Waals surface area (Å²) >= 11 is 0. The first-order valence-corrected chi connectivity index (χ1v) is 17.8. The van der Waals surface area contributed by atoms with E-state index in [1.165, 1.54) is 6.33 Å². The van der Waals surface area contributed by atoms with Gasteiger partial charge in [-0.2, -0.15) is 9.97 Å². The smallest absolute Gasteiger partial charge is 0.315 e. The molecule has 0 spiro atoms. The van der Waals surface area contributed by atoms with E-state index in [-0.39, 0.29) is 37.3 Å². The molecule has 3 aromatic carbocycles. The van der Waals surface area contributed by atoms with E-state index in [2.05, 4.69) is 26.3 Å². The minimum absolute atomic E-state index is 0.00299. The molecule has 3 heterocycles. The van der Waals surface area contributed by atoms with Gasteiger partial charge in [-0.3, -0.25) is 4.79 Å². The third kappa shape index (κ3) is 7.63. The molecular formula is C38H43N9O7. The molecule has 1 saturated carbocycles. The molecular weight excluding hydrogens is 694 g/mol. The van der Waals surface area contributed by atoms with E-state index in [4.69, 9.17) is 9.97 Å². The number of phenolic OH excluding ortho intramolecular Hbond substituents is 1. The Labute approximate surface area is 310 Å². The molecule has 9 N–H and O–H groups in total. The Morgan fingerprint density at radius 3 is 2.31 bits per heavy atom. The highest BCUT2D eigenvalue weighted by molar-refractivity contribution is 5.85. The zero-order valence-electron chi connectivity index (χ0n) is 29.3. The Hall–Kier alpha value is -5.81. The molecule has 7 rings (SSSR count). The molecule has 1 aliphatic carbocycles. The number of hydrogen-bond donors (Lipinski definition) is 9. The lowest BCUT2D eigenvalue weighted by Crippen LogP contribution is -2.44. The van der Waals surface area contributed by atoms with Crippen molar-refractivity contribution in [3.8, 4) is 5.75 Å². The Morgan fingerprint density at radius 1 is 0.907 bits per heavy atom. The highest BCUT2D eigenvalue weighted by Crippen LogP contribution is 2.36.